The van der Waals surface area contributed by atoms with Gasteiger partial charge in [-0.3, -0.25) is 4.79 Å². The maximum Gasteiger partial charge on any atom is 0.231 e. The molecule has 0 aromatic heterocycles. The number of hydrogen-bond acceptors (Lipinski definition) is 3. The molecule has 0 radical (unpaired) electrons. The monoisotopic (exact) mass is 342 g/mol. The number of benzene rings is 3. The zero-order valence-electron chi connectivity index (χ0n) is 14.4. The summed E-state index contributed by atoms with van der Waals surface area (Å²) in [6, 6.07) is 23.5. The van der Waals surface area contributed by atoms with Crippen molar-refractivity contribution >= 4 is 11.9 Å². The second-order valence-corrected chi connectivity index (χ2v) is 6.02. The Morgan fingerprint density at radius 2 is 1.65 bits per heavy atom. The number of fused-ring (bicyclic) bond motifs is 1. The van der Waals surface area contributed by atoms with Gasteiger partial charge in [-0.15, -0.1) is 0 Å². The third-order valence-electron chi connectivity index (χ3n) is 4.27. The van der Waals surface area contributed by atoms with Crippen LogP contribution in [-0.4, -0.2) is 12.4 Å². The Kier molecular flexibility index (Phi) is 4.28. The maximum atomic E-state index is 12.5. The summed E-state index contributed by atoms with van der Waals surface area (Å²) in [4.78, 5) is 12.5. The van der Waals surface area contributed by atoms with E-state index in [0.717, 1.165) is 16.7 Å². The summed E-state index contributed by atoms with van der Waals surface area (Å²) in [6.45, 7) is 2.49. The van der Waals surface area contributed by atoms with Crippen LogP contribution in [0.5, 0.6) is 11.5 Å². The molecule has 0 aliphatic carbocycles. The Balaban J connectivity index is 1.58. The van der Waals surface area contributed by atoms with Crippen LogP contribution in [0.4, 0.5) is 0 Å². The minimum Gasteiger partial charge on any atom is -0.494 e. The van der Waals surface area contributed by atoms with Crippen molar-refractivity contribution in [3.05, 3.63) is 89.7 Å². The van der Waals surface area contributed by atoms with Crippen LogP contribution in [0.15, 0.2) is 78.6 Å². The molecule has 1 aliphatic rings. The lowest BCUT2D eigenvalue weighted by Crippen LogP contribution is -1.98. The van der Waals surface area contributed by atoms with Crippen molar-refractivity contribution in [1.29, 1.82) is 0 Å². The number of Topliss-reactive ketones (excluding diaryl/α,β-unsaturated/α-hetero) is 1. The molecule has 0 spiro atoms. The molecule has 3 aromatic rings. The molecule has 0 fully saturated rings. The summed E-state index contributed by atoms with van der Waals surface area (Å²) in [5.74, 6) is 1.48. The lowest BCUT2D eigenvalue weighted by molar-refractivity contribution is 0.101. The lowest BCUT2D eigenvalue weighted by Gasteiger charge is -2.04. The average Bonchev–Trinajstić information content (AvgIpc) is 2.98. The fourth-order valence-electron chi connectivity index (χ4n) is 2.98. The molecular weight excluding hydrogens is 324 g/mol. The Bertz CT molecular complexity index is 970. The van der Waals surface area contributed by atoms with Gasteiger partial charge >= 0.3 is 0 Å². The molecule has 26 heavy (non-hydrogen) atoms. The molecule has 128 valence electrons. The largest absolute Gasteiger partial charge is 0.494 e. The van der Waals surface area contributed by atoms with E-state index < -0.39 is 0 Å². The molecule has 0 saturated carbocycles. The Labute approximate surface area is 152 Å². The van der Waals surface area contributed by atoms with Crippen LogP contribution in [0.3, 0.4) is 0 Å². The smallest absolute Gasteiger partial charge is 0.231 e. The van der Waals surface area contributed by atoms with Gasteiger partial charge in [-0.1, -0.05) is 54.6 Å². The first-order valence-electron chi connectivity index (χ1n) is 8.61. The van der Waals surface area contributed by atoms with Gasteiger partial charge in [-0.25, -0.2) is 0 Å². The molecule has 3 heteroatoms. The molecule has 0 N–H and O–H groups in total. The van der Waals surface area contributed by atoms with Crippen molar-refractivity contribution < 1.29 is 14.3 Å². The number of carbonyl (C=O) groups is 1. The quantitative estimate of drug-likeness (QED) is 0.598. The molecule has 4 rings (SSSR count). The molecule has 1 aliphatic heterocycles. The fraction of sp³-hybridized carbons (Fsp3) is 0.0870. The van der Waals surface area contributed by atoms with Crippen LogP contribution < -0.4 is 9.47 Å². The van der Waals surface area contributed by atoms with Gasteiger partial charge in [0.25, 0.3) is 0 Å². The van der Waals surface area contributed by atoms with Gasteiger partial charge in [0.05, 0.1) is 12.2 Å². The Morgan fingerprint density at radius 1 is 0.923 bits per heavy atom. The number of ether oxygens (including phenoxy) is 2. The van der Waals surface area contributed by atoms with Crippen molar-refractivity contribution in [1.82, 2.24) is 0 Å². The zero-order valence-corrected chi connectivity index (χ0v) is 14.4. The highest BCUT2D eigenvalue weighted by Gasteiger charge is 2.27. The molecule has 3 aromatic carbocycles. The fourth-order valence-corrected chi connectivity index (χ4v) is 2.98. The number of carbonyl (C=O) groups excluding carboxylic acids is 1. The number of allylic oxidation sites excluding steroid dienone is 1. The van der Waals surface area contributed by atoms with E-state index >= 15 is 0 Å². The van der Waals surface area contributed by atoms with Gasteiger partial charge in [-0.2, -0.15) is 0 Å². The van der Waals surface area contributed by atoms with Crippen molar-refractivity contribution in [2.75, 3.05) is 6.61 Å². The highest BCUT2D eigenvalue weighted by atomic mass is 16.5. The zero-order chi connectivity index (χ0) is 17.9. The first kappa shape index (κ1) is 16.2. The average molecular weight is 342 g/mol. The van der Waals surface area contributed by atoms with Gasteiger partial charge in [-0.05, 0) is 41.8 Å². The van der Waals surface area contributed by atoms with Gasteiger partial charge in [0.15, 0.2) is 5.76 Å². The van der Waals surface area contributed by atoms with Crippen LogP contribution in [0.25, 0.3) is 17.2 Å². The van der Waals surface area contributed by atoms with Crippen LogP contribution in [-0.2, 0) is 0 Å². The number of hydrogen-bond donors (Lipinski definition) is 0. The lowest BCUT2D eigenvalue weighted by atomic mass is 10.0. The summed E-state index contributed by atoms with van der Waals surface area (Å²) in [6.07, 6.45) is 1.78. The summed E-state index contributed by atoms with van der Waals surface area (Å²) in [7, 11) is 0. The molecule has 0 atom stereocenters. The number of ketones is 1. The maximum absolute atomic E-state index is 12.5. The molecule has 3 nitrogen and oxygen atoms in total. The van der Waals surface area contributed by atoms with E-state index in [2.05, 4.69) is 12.1 Å². The SMILES string of the molecule is CCOc1ccc2c(c1)O/C(=C/c1ccc(-c3ccccc3)cc1)C2=O. The van der Waals surface area contributed by atoms with E-state index in [1.54, 1.807) is 24.3 Å². The minimum atomic E-state index is -0.102. The molecule has 0 saturated heterocycles. The normalized spacial score (nSPS) is 14.2. The summed E-state index contributed by atoms with van der Waals surface area (Å²) < 4.78 is 11.2. The van der Waals surface area contributed by atoms with Crippen molar-refractivity contribution in [3.8, 4) is 22.6 Å². The van der Waals surface area contributed by atoms with Crippen molar-refractivity contribution in [3.63, 3.8) is 0 Å². The van der Waals surface area contributed by atoms with Crippen LogP contribution in [0, 0.1) is 0 Å². The molecular formula is C23H18O3. The van der Waals surface area contributed by atoms with Crippen LogP contribution in [0.2, 0.25) is 0 Å². The van der Waals surface area contributed by atoms with E-state index in [9.17, 15) is 4.79 Å². The number of rotatable bonds is 4. The molecule has 0 unspecified atom stereocenters. The highest BCUT2D eigenvalue weighted by molar-refractivity contribution is 6.14. The van der Waals surface area contributed by atoms with Gasteiger partial charge in [0.2, 0.25) is 5.78 Å². The van der Waals surface area contributed by atoms with Gasteiger partial charge < -0.3 is 9.47 Å². The van der Waals surface area contributed by atoms with Crippen molar-refractivity contribution in [2.45, 2.75) is 6.92 Å². The van der Waals surface area contributed by atoms with E-state index in [1.165, 1.54) is 0 Å². The summed E-state index contributed by atoms with van der Waals surface area (Å²) in [5.41, 5.74) is 3.79. The molecule has 0 amide bonds. The second-order valence-electron chi connectivity index (χ2n) is 6.02. The first-order chi connectivity index (χ1) is 12.7. The van der Waals surface area contributed by atoms with E-state index in [-0.39, 0.29) is 5.78 Å². The molecule has 1 heterocycles. The predicted octanol–water partition coefficient (Wildman–Crippen LogP) is 5.37. The van der Waals surface area contributed by atoms with Crippen molar-refractivity contribution in [2.24, 2.45) is 0 Å². The Morgan fingerprint density at radius 3 is 2.38 bits per heavy atom. The van der Waals surface area contributed by atoms with Crippen LogP contribution in [0.1, 0.15) is 22.8 Å². The van der Waals surface area contributed by atoms with E-state index in [0.29, 0.717) is 29.4 Å². The third kappa shape index (κ3) is 3.11. The summed E-state index contributed by atoms with van der Waals surface area (Å²) >= 11 is 0. The van der Waals surface area contributed by atoms with Gasteiger partial charge in [0, 0.05) is 6.07 Å². The summed E-state index contributed by atoms with van der Waals surface area (Å²) in [5, 5.41) is 0. The van der Waals surface area contributed by atoms with E-state index in [4.69, 9.17) is 9.47 Å². The van der Waals surface area contributed by atoms with Crippen LogP contribution >= 0.6 is 0 Å². The Hall–Kier alpha value is -3.33. The standard InChI is InChI=1S/C23H18O3/c1-2-25-19-12-13-20-21(15-19)26-22(23(20)24)14-16-8-10-18(11-9-16)17-6-4-3-5-7-17/h3-15H,2H2,1H3/b22-14+. The van der Waals surface area contributed by atoms with Gasteiger partial charge in [0.1, 0.15) is 11.5 Å². The molecule has 0 bridgehead atoms. The second kappa shape index (κ2) is 6.89. The predicted molar refractivity (Wildman–Crippen MR) is 102 cm³/mol. The highest BCUT2D eigenvalue weighted by Crippen LogP contribution is 2.35. The van der Waals surface area contributed by atoms with E-state index in [1.807, 2.05) is 49.4 Å². The topological polar surface area (TPSA) is 35.5 Å². The first-order valence-corrected chi connectivity index (χ1v) is 8.61. The third-order valence-corrected chi connectivity index (χ3v) is 4.27. The minimum absolute atomic E-state index is 0.102.